The van der Waals surface area contributed by atoms with Crippen LogP contribution in [0.25, 0.3) is 0 Å². The highest BCUT2D eigenvalue weighted by molar-refractivity contribution is 5.75. The van der Waals surface area contributed by atoms with Gasteiger partial charge in [-0.25, -0.2) is 9.18 Å². The molecule has 0 aliphatic heterocycles. The molecule has 0 fully saturated rings. The van der Waals surface area contributed by atoms with E-state index in [1.54, 1.807) is 0 Å². The average Bonchev–Trinajstić information content (AvgIpc) is 1.99. The van der Waals surface area contributed by atoms with Crippen LogP contribution in [0.4, 0.5) is 17.6 Å². The van der Waals surface area contributed by atoms with E-state index in [9.17, 15) is 22.4 Å². The summed E-state index contributed by atoms with van der Waals surface area (Å²) >= 11 is 0. The van der Waals surface area contributed by atoms with E-state index in [-0.39, 0.29) is 6.54 Å². The third-order valence-electron chi connectivity index (χ3n) is 1.12. The number of alkyl halides is 4. The second-order valence-corrected chi connectivity index (χ2v) is 4.92. The van der Waals surface area contributed by atoms with Gasteiger partial charge in [-0.15, -0.1) is 0 Å². The minimum Gasteiger partial charge on any atom is -0.453 e. The van der Waals surface area contributed by atoms with Gasteiger partial charge in [0.2, 0.25) is 0 Å². The molecule has 17 heavy (non-hydrogen) atoms. The van der Waals surface area contributed by atoms with E-state index < -0.39 is 23.4 Å². The second kappa shape index (κ2) is 6.18. The molecular formula is C10H19F4NO2. The lowest BCUT2D eigenvalue weighted by atomic mass is 10.2. The largest absolute Gasteiger partial charge is 0.490 e. The number of nitrogens with two attached hydrogens (primary N) is 1. The number of hydrogen-bond donors (Lipinski definition) is 1. The van der Waals surface area contributed by atoms with Crippen molar-refractivity contribution in [1.82, 2.24) is 0 Å². The lowest BCUT2D eigenvalue weighted by Gasteiger charge is -2.19. The van der Waals surface area contributed by atoms with Crippen molar-refractivity contribution < 1.29 is 27.1 Å². The third kappa shape index (κ3) is 15.1. The molecule has 0 aromatic rings. The van der Waals surface area contributed by atoms with Gasteiger partial charge in [-0.05, 0) is 34.6 Å². The molecule has 0 aliphatic rings. The fourth-order valence-corrected chi connectivity index (χ4v) is 0.336. The molecule has 104 valence electrons. The first-order valence-electron chi connectivity index (χ1n) is 4.88. The molecule has 0 amide bonds. The summed E-state index contributed by atoms with van der Waals surface area (Å²) in [4.78, 5) is 10.1. The van der Waals surface area contributed by atoms with Crippen LogP contribution in [-0.2, 0) is 9.53 Å². The molecule has 3 nitrogen and oxygen atoms in total. The normalized spacial score (nSPS) is 12.6. The maximum atomic E-state index is 12.0. The lowest BCUT2D eigenvalue weighted by molar-refractivity contribution is -0.210. The smallest absolute Gasteiger partial charge is 0.453 e. The molecule has 0 aromatic carbocycles. The van der Waals surface area contributed by atoms with Crippen molar-refractivity contribution in [3.05, 3.63) is 0 Å². The zero-order valence-corrected chi connectivity index (χ0v) is 10.6. The van der Waals surface area contributed by atoms with Crippen LogP contribution in [0.5, 0.6) is 0 Å². The van der Waals surface area contributed by atoms with Crippen molar-refractivity contribution in [2.45, 2.75) is 52.1 Å². The number of esters is 1. The quantitative estimate of drug-likeness (QED) is 0.583. The molecule has 2 N–H and O–H groups in total. The molecule has 0 aromatic heterocycles. The van der Waals surface area contributed by atoms with Gasteiger partial charge in [0, 0.05) is 6.54 Å². The Kier molecular flexibility index (Phi) is 6.73. The molecular weight excluding hydrogens is 242 g/mol. The fraction of sp³-hybridized carbons (Fsp3) is 0.900. The monoisotopic (exact) mass is 261 g/mol. The molecule has 0 aliphatic carbocycles. The van der Waals surface area contributed by atoms with E-state index in [1.807, 2.05) is 0 Å². The Morgan fingerprint density at radius 1 is 1.06 bits per heavy atom. The Bertz CT molecular complexity index is 238. The van der Waals surface area contributed by atoms with Gasteiger partial charge in [0.05, 0.1) is 0 Å². The molecule has 0 unspecified atom stereocenters. The highest BCUT2D eigenvalue weighted by Crippen LogP contribution is 2.20. The second-order valence-electron chi connectivity index (χ2n) is 4.92. The summed E-state index contributed by atoms with van der Waals surface area (Å²) < 4.78 is 50.5. The predicted molar refractivity (Wildman–Crippen MR) is 56.1 cm³/mol. The van der Waals surface area contributed by atoms with Crippen molar-refractivity contribution in [1.29, 1.82) is 0 Å². The summed E-state index contributed by atoms with van der Waals surface area (Å²) in [6.45, 7) is 7.12. The maximum Gasteiger partial charge on any atom is 0.490 e. The molecule has 0 saturated carbocycles. The number of carbonyl (C=O) groups excluding carboxylic acids is 1. The summed E-state index contributed by atoms with van der Waals surface area (Å²) in [5.41, 5.74) is 2.66. The van der Waals surface area contributed by atoms with Crippen LogP contribution in [0, 0.1) is 0 Å². The molecule has 0 rings (SSSR count). The van der Waals surface area contributed by atoms with Crippen molar-refractivity contribution in [3.8, 4) is 0 Å². The van der Waals surface area contributed by atoms with E-state index in [2.05, 4.69) is 4.74 Å². The number of halogens is 4. The van der Waals surface area contributed by atoms with E-state index in [0.29, 0.717) is 0 Å². The van der Waals surface area contributed by atoms with Crippen LogP contribution in [0.2, 0.25) is 0 Å². The highest BCUT2D eigenvalue weighted by atomic mass is 19.4. The Morgan fingerprint density at radius 3 is 1.41 bits per heavy atom. The van der Waals surface area contributed by atoms with Crippen LogP contribution >= 0.6 is 0 Å². The van der Waals surface area contributed by atoms with Gasteiger partial charge in [0.1, 0.15) is 11.3 Å². The van der Waals surface area contributed by atoms with Crippen molar-refractivity contribution in [2.75, 3.05) is 6.54 Å². The van der Waals surface area contributed by atoms with E-state index in [0.717, 1.165) is 0 Å². The third-order valence-corrected chi connectivity index (χ3v) is 1.12. The molecule has 0 spiro atoms. The topological polar surface area (TPSA) is 52.3 Å². The minimum absolute atomic E-state index is 0.104. The molecule has 0 heterocycles. The number of ether oxygens (including phenoxy) is 1. The van der Waals surface area contributed by atoms with Crippen molar-refractivity contribution >= 4 is 5.97 Å². The Labute approximate surface area is 98.3 Å². The van der Waals surface area contributed by atoms with Crippen LogP contribution in [0.1, 0.15) is 34.6 Å². The van der Waals surface area contributed by atoms with Gasteiger partial charge in [-0.3, -0.25) is 0 Å². The zero-order valence-electron chi connectivity index (χ0n) is 10.6. The van der Waals surface area contributed by atoms with Crippen LogP contribution in [-0.4, -0.2) is 30.0 Å². The lowest BCUT2D eigenvalue weighted by Crippen LogP contribution is -2.33. The zero-order chi connectivity index (χ0) is 14.5. The first-order chi connectivity index (χ1) is 7.19. The van der Waals surface area contributed by atoms with Crippen molar-refractivity contribution in [3.63, 3.8) is 0 Å². The Balaban J connectivity index is 0. The Morgan fingerprint density at radius 2 is 1.35 bits per heavy atom. The maximum absolute atomic E-state index is 12.0. The number of rotatable bonds is 1. The SMILES string of the molecule is CC(C)(C)OC(=O)C(F)(F)F.CC(C)(F)CN. The van der Waals surface area contributed by atoms with Crippen LogP contribution in [0.15, 0.2) is 0 Å². The standard InChI is InChI=1S/C6H9F3O2.C4H10FN/c1-5(2,3)11-4(10)6(7,8)9;1-4(2,5)3-6/h1-3H3;3,6H2,1-2H3. The summed E-state index contributed by atoms with van der Waals surface area (Å²) in [6, 6.07) is 0. The van der Waals surface area contributed by atoms with E-state index in [1.165, 1.54) is 34.6 Å². The molecule has 0 atom stereocenters. The van der Waals surface area contributed by atoms with Crippen molar-refractivity contribution in [2.24, 2.45) is 5.73 Å². The Hall–Kier alpha value is -0.850. The van der Waals surface area contributed by atoms with Gasteiger partial charge >= 0.3 is 12.1 Å². The fourth-order valence-electron chi connectivity index (χ4n) is 0.336. The van der Waals surface area contributed by atoms with Gasteiger partial charge in [-0.2, -0.15) is 13.2 Å². The first-order valence-corrected chi connectivity index (χ1v) is 4.88. The molecule has 7 heteroatoms. The molecule has 0 saturated heterocycles. The van der Waals surface area contributed by atoms with E-state index in [4.69, 9.17) is 5.73 Å². The summed E-state index contributed by atoms with van der Waals surface area (Å²) in [5, 5.41) is 0. The van der Waals surface area contributed by atoms with Gasteiger partial charge in [0.25, 0.3) is 0 Å². The summed E-state index contributed by atoms with van der Waals surface area (Å²) in [7, 11) is 0. The van der Waals surface area contributed by atoms with E-state index >= 15 is 0 Å². The number of hydrogen-bond acceptors (Lipinski definition) is 3. The van der Waals surface area contributed by atoms with Gasteiger partial charge in [-0.1, -0.05) is 0 Å². The summed E-state index contributed by atoms with van der Waals surface area (Å²) in [6.07, 6.45) is -4.90. The number of carbonyl (C=O) groups is 1. The highest BCUT2D eigenvalue weighted by Gasteiger charge is 2.42. The molecule has 0 bridgehead atoms. The minimum atomic E-state index is -4.90. The van der Waals surface area contributed by atoms with Crippen LogP contribution in [0.3, 0.4) is 0 Å². The van der Waals surface area contributed by atoms with Gasteiger partial charge < -0.3 is 10.5 Å². The molecule has 0 radical (unpaired) electrons. The average molecular weight is 261 g/mol. The predicted octanol–water partition coefficient (Wildman–Crippen LogP) is 2.58. The summed E-state index contributed by atoms with van der Waals surface area (Å²) in [5.74, 6) is -2.15. The first kappa shape index (κ1) is 18.5. The van der Waals surface area contributed by atoms with Crippen LogP contribution < -0.4 is 5.73 Å². The van der Waals surface area contributed by atoms with Gasteiger partial charge in [0.15, 0.2) is 0 Å².